The second-order valence-corrected chi connectivity index (χ2v) is 7.41. The van der Waals surface area contributed by atoms with Crippen LogP contribution in [0.25, 0.3) is 0 Å². The van der Waals surface area contributed by atoms with Crippen LogP contribution in [-0.2, 0) is 0 Å². The van der Waals surface area contributed by atoms with E-state index in [0.717, 1.165) is 50.6 Å². The normalized spacial score (nSPS) is 21.6. The molecule has 1 atom stereocenters. The number of ether oxygens (including phenoxy) is 1. The highest BCUT2D eigenvalue weighted by atomic mass is 16.5. The summed E-state index contributed by atoms with van der Waals surface area (Å²) in [6.45, 7) is 6.23. The molecule has 0 spiro atoms. The van der Waals surface area contributed by atoms with Gasteiger partial charge >= 0.3 is 0 Å². The van der Waals surface area contributed by atoms with Crippen LogP contribution in [0.4, 0.5) is 5.82 Å². The van der Waals surface area contributed by atoms with Crippen LogP contribution >= 0.6 is 0 Å². The van der Waals surface area contributed by atoms with Crippen molar-refractivity contribution in [2.45, 2.75) is 44.6 Å². The number of rotatable bonds is 4. The highest BCUT2D eigenvalue weighted by Crippen LogP contribution is 2.27. The zero-order valence-corrected chi connectivity index (χ0v) is 15.5. The molecule has 1 aromatic carbocycles. The van der Waals surface area contributed by atoms with Gasteiger partial charge in [-0.25, -0.2) is 9.97 Å². The molecule has 26 heavy (non-hydrogen) atoms. The molecule has 2 aliphatic rings. The molecule has 1 aromatic heterocycles. The average Bonchev–Trinajstić information content (AvgIpc) is 2.71. The van der Waals surface area contributed by atoms with Gasteiger partial charge in [-0.2, -0.15) is 0 Å². The molecule has 2 aliphatic heterocycles. The van der Waals surface area contributed by atoms with Crippen LogP contribution in [-0.4, -0.2) is 42.3 Å². The van der Waals surface area contributed by atoms with Crippen molar-refractivity contribution in [3.8, 4) is 5.75 Å². The van der Waals surface area contributed by atoms with E-state index >= 15 is 0 Å². The number of piperidine rings is 2. The smallest absolute Gasteiger partial charge is 0.132 e. The van der Waals surface area contributed by atoms with Crippen molar-refractivity contribution in [2.24, 2.45) is 0 Å². The maximum atomic E-state index is 6.22. The van der Waals surface area contributed by atoms with E-state index in [-0.39, 0.29) is 6.10 Å². The molecule has 0 amide bonds. The molecule has 0 radical (unpaired) electrons. The summed E-state index contributed by atoms with van der Waals surface area (Å²) >= 11 is 0. The van der Waals surface area contributed by atoms with E-state index < -0.39 is 0 Å². The molecule has 5 nitrogen and oxygen atoms in total. The van der Waals surface area contributed by atoms with Gasteiger partial charge in [-0.1, -0.05) is 18.2 Å². The second kappa shape index (κ2) is 8.04. The topological polar surface area (TPSA) is 50.3 Å². The number of benzene rings is 1. The quantitative estimate of drug-likeness (QED) is 0.915. The maximum absolute atomic E-state index is 6.22. The summed E-state index contributed by atoms with van der Waals surface area (Å²) in [5.74, 6) is 2.60. The first-order chi connectivity index (χ1) is 12.8. The number of hydrogen-bond donors (Lipinski definition) is 1. The van der Waals surface area contributed by atoms with Crippen LogP contribution in [0.3, 0.4) is 0 Å². The standard InChI is InChI=1S/C21H28N4O/c1-16-5-2-3-7-20(16)26-18-8-11-25(12-9-18)21-13-19(23-15-24-21)17-6-4-10-22-14-17/h2-3,5,7,13,15,17-18,22H,4,6,8-12,14H2,1H3/t17-/m1/s1. The first kappa shape index (κ1) is 17.3. The van der Waals surface area contributed by atoms with Gasteiger partial charge in [0.2, 0.25) is 0 Å². The molecule has 2 fully saturated rings. The third kappa shape index (κ3) is 3.98. The summed E-state index contributed by atoms with van der Waals surface area (Å²) in [5.41, 5.74) is 2.39. The van der Waals surface area contributed by atoms with Crippen LogP contribution in [0, 0.1) is 6.92 Å². The first-order valence-electron chi connectivity index (χ1n) is 9.79. The molecule has 0 unspecified atom stereocenters. The molecule has 1 N–H and O–H groups in total. The lowest BCUT2D eigenvalue weighted by Gasteiger charge is -2.33. The summed E-state index contributed by atoms with van der Waals surface area (Å²) in [4.78, 5) is 11.4. The predicted octanol–water partition coefficient (Wildman–Crippen LogP) is 3.30. The van der Waals surface area contributed by atoms with Gasteiger partial charge in [-0.3, -0.25) is 0 Å². The lowest BCUT2D eigenvalue weighted by atomic mass is 9.96. The molecule has 2 saturated heterocycles. The number of nitrogens with zero attached hydrogens (tertiary/aromatic N) is 3. The fraction of sp³-hybridized carbons (Fsp3) is 0.524. The van der Waals surface area contributed by atoms with Gasteiger partial charge in [0.1, 0.15) is 24.0 Å². The van der Waals surface area contributed by atoms with Crippen molar-refractivity contribution in [3.05, 3.63) is 47.9 Å². The summed E-state index contributed by atoms with van der Waals surface area (Å²) in [5, 5.41) is 3.48. The lowest BCUT2D eigenvalue weighted by Crippen LogP contribution is -2.39. The second-order valence-electron chi connectivity index (χ2n) is 7.41. The molecule has 2 aromatic rings. The number of para-hydroxylation sites is 1. The SMILES string of the molecule is Cc1ccccc1OC1CCN(c2cc([C@@H]3CCCNC3)ncn2)CC1. The summed E-state index contributed by atoms with van der Waals surface area (Å²) in [7, 11) is 0. The van der Waals surface area contributed by atoms with E-state index in [1.807, 2.05) is 6.07 Å². The van der Waals surface area contributed by atoms with Crippen molar-refractivity contribution in [3.63, 3.8) is 0 Å². The zero-order chi connectivity index (χ0) is 17.8. The van der Waals surface area contributed by atoms with Gasteiger partial charge in [0, 0.05) is 44.5 Å². The molecule has 138 valence electrons. The Morgan fingerprint density at radius 3 is 2.73 bits per heavy atom. The Bertz CT molecular complexity index is 721. The zero-order valence-electron chi connectivity index (χ0n) is 15.5. The Morgan fingerprint density at radius 1 is 1.12 bits per heavy atom. The van der Waals surface area contributed by atoms with E-state index in [9.17, 15) is 0 Å². The van der Waals surface area contributed by atoms with Crippen LogP contribution in [0.5, 0.6) is 5.75 Å². The van der Waals surface area contributed by atoms with Crippen molar-refractivity contribution in [1.82, 2.24) is 15.3 Å². The highest BCUT2D eigenvalue weighted by molar-refractivity contribution is 5.40. The summed E-state index contributed by atoms with van der Waals surface area (Å²) in [6, 6.07) is 10.5. The monoisotopic (exact) mass is 352 g/mol. The van der Waals surface area contributed by atoms with Crippen LogP contribution in [0.1, 0.15) is 42.9 Å². The van der Waals surface area contributed by atoms with Gasteiger partial charge < -0.3 is 15.0 Å². The Balaban J connectivity index is 1.36. The van der Waals surface area contributed by atoms with Crippen molar-refractivity contribution in [2.75, 3.05) is 31.1 Å². The maximum Gasteiger partial charge on any atom is 0.132 e. The Morgan fingerprint density at radius 2 is 1.96 bits per heavy atom. The molecule has 0 aliphatic carbocycles. The van der Waals surface area contributed by atoms with Gasteiger partial charge in [0.15, 0.2) is 0 Å². The Labute approximate surface area is 155 Å². The average molecular weight is 352 g/mol. The van der Waals surface area contributed by atoms with Crippen molar-refractivity contribution >= 4 is 5.82 Å². The molecule has 4 rings (SSSR count). The van der Waals surface area contributed by atoms with Crippen LogP contribution < -0.4 is 15.0 Å². The van der Waals surface area contributed by atoms with E-state index in [4.69, 9.17) is 4.74 Å². The van der Waals surface area contributed by atoms with Gasteiger partial charge in [0.25, 0.3) is 0 Å². The summed E-state index contributed by atoms with van der Waals surface area (Å²) < 4.78 is 6.22. The Kier molecular flexibility index (Phi) is 5.34. The summed E-state index contributed by atoms with van der Waals surface area (Å²) in [6.07, 6.45) is 6.52. The third-order valence-electron chi connectivity index (χ3n) is 5.54. The minimum atomic E-state index is 0.288. The fourth-order valence-electron chi connectivity index (χ4n) is 3.93. The highest BCUT2D eigenvalue weighted by Gasteiger charge is 2.23. The number of aromatic nitrogens is 2. The minimum Gasteiger partial charge on any atom is -0.490 e. The molecular weight excluding hydrogens is 324 g/mol. The fourth-order valence-corrected chi connectivity index (χ4v) is 3.93. The minimum absolute atomic E-state index is 0.288. The molecule has 0 bridgehead atoms. The predicted molar refractivity (Wildman–Crippen MR) is 104 cm³/mol. The molecular formula is C21H28N4O. The number of aryl methyl sites for hydroxylation is 1. The largest absolute Gasteiger partial charge is 0.490 e. The van der Waals surface area contributed by atoms with E-state index in [0.29, 0.717) is 5.92 Å². The lowest BCUT2D eigenvalue weighted by molar-refractivity contribution is 0.169. The van der Waals surface area contributed by atoms with Gasteiger partial charge in [-0.15, -0.1) is 0 Å². The third-order valence-corrected chi connectivity index (χ3v) is 5.54. The molecule has 5 heteroatoms. The van der Waals surface area contributed by atoms with E-state index in [1.54, 1.807) is 6.33 Å². The Hall–Kier alpha value is -2.14. The van der Waals surface area contributed by atoms with Crippen molar-refractivity contribution < 1.29 is 4.74 Å². The van der Waals surface area contributed by atoms with Gasteiger partial charge in [-0.05, 0) is 37.9 Å². The van der Waals surface area contributed by atoms with E-state index in [2.05, 4.69) is 51.4 Å². The van der Waals surface area contributed by atoms with E-state index in [1.165, 1.54) is 24.1 Å². The molecule has 3 heterocycles. The van der Waals surface area contributed by atoms with Crippen LogP contribution in [0.15, 0.2) is 36.7 Å². The van der Waals surface area contributed by atoms with Gasteiger partial charge in [0.05, 0.1) is 5.69 Å². The number of hydrogen-bond acceptors (Lipinski definition) is 5. The number of anilines is 1. The number of nitrogens with one attached hydrogen (secondary N) is 1. The first-order valence-corrected chi connectivity index (χ1v) is 9.79. The van der Waals surface area contributed by atoms with Crippen molar-refractivity contribution in [1.29, 1.82) is 0 Å². The van der Waals surface area contributed by atoms with Crippen LogP contribution in [0.2, 0.25) is 0 Å². The molecule has 0 saturated carbocycles.